The van der Waals surface area contributed by atoms with Crippen LogP contribution in [0.3, 0.4) is 0 Å². The van der Waals surface area contributed by atoms with Crippen molar-refractivity contribution < 1.29 is 27.5 Å². The summed E-state index contributed by atoms with van der Waals surface area (Å²) in [6, 6.07) is 5.46. The van der Waals surface area contributed by atoms with E-state index in [2.05, 4.69) is 15.4 Å². The number of ether oxygens (including phenoxy) is 1. The zero-order valence-electron chi connectivity index (χ0n) is 15.4. The minimum atomic E-state index is -3.50. The molecule has 0 aliphatic heterocycles. The van der Waals surface area contributed by atoms with E-state index in [9.17, 15) is 22.8 Å². The molecule has 1 aromatic carbocycles. The molecule has 0 aromatic heterocycles. The topological polar surface area (TPSA) is 131 Å². The molecule has 0 saturated carbocycles. The molecule has 1 aromatic rings. The summed E-state index contributed by atoms with van der Waals surface area (Å²) in [7, 11) is -2.18. The van der Waals surface area contributed by atoms with Gasteiger partial charge in [0.1, 0.15) is 0 Å². The van der Waals surface area contributed by atoms with Crippen LogP contribution in [0.15, 0.2) is 29.2 Å². The molecule has 0 bridgehead atoms. The first kappa shape index (κ1) is 22.6. The molecule has 27 heavy (non-hydrogen) atoms. The maximum atomic E-state index is 11.7. The predicted octanol–water partition coefficient (Wildman–Crippen LogP) is 0.696. The van der Waals surface area contributed by atoms with Crippen molar-refractivity contribution in [2.24, 2.45) is 0 Å². The van der Waals surface area contributed by atoms with Crippen LogP contribution in [0.4, 0.5) is 4.79 Å². The summed E-state index contributed by atoms with van der Waals surface area (Å²) in [6.45, 7) is 1.89. The number of sulfonamides is 1. The number of esters is 1. The molecule has 0 heterocycles. The molecule has 9 nitrogen and oxygen atoms in total. The maximum Gasteiger partial charge on any atom is 0.321 e. The van der Waals surface area contributed by atoms with E-state index >= 15 is 0 Å². The van der Waals surface area contributed by atoms with Crippen molar-refractivity contribution in [1.82, 2.24) is 15.4 Å². The first-order valence-electron chi connectivity index (χ1n) is 8.54. The van der Waals surface area contributed by atoms with Crippen LogP contribution >= 0.6 is 0 Å². The first-order valence-corrected chi connectivity index (χ1v) is 10.0. The lowest BCUT2D eigenvalue weighted by Gasteiger charge is -2.07. The zero-order chi connectivity index (χ0) is 20.3. The number of benzene rings is 1. The van der Waals surface area contributed by atoms with Crippen LogP contribution in [0.1, 0.15) is 31.7 Å². The van der Waals surface area contributed by atoms with E-state index in [0.717, 1.165) is 18.4 Å². The fourth-order valence-corrected chi connectivity index (χ4v) is 2.73. The number of unbranched alkanes of at least 4 members (excludes halogenated alkanes) is 1. The van der Waals surface area contributed by atoms with Gasteiger partial charge in [-0.15, -0.1) is 0 Å². The molecular weight excluding hydrogens is 374 g/mol. The molecule has 150 valence electrons. The fourth-order valence-electron chi connectivity index (χ4n) is 2.00. The summed E-state index contributed by atoms with van der Waals surface area (Å²) in [5, 5.41) is 4.57. The van der Waals surface area contributed by atoms with Crippen LogP contribution in [-0.2, 0) is 30.8 Å². The van der Waals surface area contributed by atoms with Crippen molar-refractivity contribution in [3.05, 3.63) is 29.8 Å². The number of rotatable bonds is 10. The van der Waals surface area contributed by atoms with E-state index in [0.29, 0.717) is 13.0 Å². The van der Waals surface area contributed by atoms with Crippen molar-refractivity contribution in [3.8, 4) is 0 Å². The van der Waals surface area contributed by atoms with Crippen molar-refractivity contribution in [1.29, 1.82) is 0 Å². The van der Waals surface area contributed by atoms with E-state index in [1.54, 1.807) is 12.1 Å². The Bertz CT molecular complexity index is 746. The van der Waals surface area contributed by atoms with Crippen LogP contribution in [0.5, 0.6) is 0 Å². The maximum absolute atomic E-state index is 11.7. The summed E-state index contributed by atoms with van der Waals surface area (Å²) in [6.07, 6.45) is 2.07. The monoisotopic (exact) mass is 399 g/mol. The van der Waals surface area contributed by atoms with Crippen LogP contribution in [-0.4, -0.2) is 46.5 Å². The minimum Gasteiger partial charge on any atom is -0.456 e. The Balaban J connectivity index is 2.33. The molecule has 0 aliphatic carbocycles. The van der Waals surface area contributed by atoms with Gasteiger partial charge in [-0.1, -0.05) is 25.5 Å². The van der Waals surface area contributed by atoms with Gasteiger partial charge in [0.05, 0.1) is 4.90 Å². The lowest BCUT2D eigenvalue weighted by Crippen LogP contribution is -2.41. The van der Waals surface area contributed by atoms with E-state index in [4.69, 9.17) is 4.74 Å². The van der Waals surface area contributed by atoms with Crippen molar-refractivity contribution in [3.63, 3.8) is 0 Å². The van der Waals surface area contributed by atoms with Gasteiger partial charge in [-0.3, -0.25) is 14.9 Å². The fraction of sp³-hybridized carbons (Fsp3) is 0.471. The van der Waals surface area contributed by atoms with E-state index in [-0.39, 0.29) is 11.3 Å². The predicted molar refractivity (Wildman–Crippen MR) is 98.4 cm³/mol. The Morgan fingerprint density at radius 3 is 2.37 bits per heavy atom. The third-order valence-electron chi connectivity index (χ3n) is 3.55. The standard InChI is InChI=1S/C17H25N3O6S/c1-3-4-11-19-17(23)20-15(21)12-26-16(22)10-7-13-5-8-14(9-6-13)27(24,25)18-2/h5-6,8-9,18H,3-4,7,10-12H2,1-2H3,(H2,19,20,21,23). The lowest BCUT2D eigenvalue weighted by atomic mass is 10.1. The number of carbonyl (C=O) groups excluding carboxylic acids is 3. The molecule has 0 atom stereocenters. The number of hydrogen-bond donors (Lipinski definition) is 3. The highest BCUT2D eigenvalue weighted by molar-refractivity contribution is 7.89. The number of carbonyl (C=O) groups is 3. The summed E-state index contributed by atoms with van der Waals surface area (Å²) in [5.41, 5.74) is 0.752. The molecule has 0 radical (unpaired) electrons. The van der Waals surface area contributed by atoms with Crippen LogP contribution in [0.25, 0.3) is 0 Å². The normalized spacial score (nSPS) is 10.9. The van der Waals surface area contributed by atoms with Crippen LogP contribution < -0.4 is 15.4 Å². The molecule has 0 aliphatic rings. The van der Waals surface area contributed by atoms with Crippen molar-refractivity contribution >= 4 is 27.9 Å². The first-order chi connectivity index (χ1) is 12.8. The highest BCUT2D eigenvalue weighted by Crippen LogP contribution is 2.11. The van der Waals surface area contributed by atoms with Crippen molar-refractivity contribution in [2.45, 2.75) is 37.5 Å². The lowest BCUT2D eigenvalue weighted by molar-refractivity contribution is -0.148. The summed E-state index contributed by atoms with van der Waals surface area (Å²) in [4.78, 5) is 34.7. The third kappa shape index (κ3) is 8.65. The van der Waals surface area contributed by atoms with Gasteiger partial charge in [-0.05, 0) is 37.6 Å². The van der Waals surface area contributed by atoms with Crippen LogP contribution in [0, 0.1) is 0 Å². The van der Waals surface area contributed by atoms with Gasteiger partial charge in [0.2, 0.25) is 10.0 Å². The van der Waals surface area contributed by atoms with Gasteiger partial charge in [0.25, 0.3) is 5.91 Å². The number of aryl methyl sites for hydroxylation is 1. The number of nitrogens with one attached hydrogen (secondary N) is 3. The van der Waals surface area contributed by atoms with Gasteiger partial charge < -0.3 is 10.1 Å². The molecule has 1 rings (SSSR count). The minimum absolute atomic E-state index is 0.0219. The number of amides is 3. The molecular formula is C17H25N3O6S. The van der Waals surface area contributed by atoms with Gasteiger partial charge >= 0.3 is 12.0 Å². The van der Waals surface area contributed by atoms with Crippen LogP contribution in [0.2, 0.25) is 0 Å². The second kappa shape index (κ2) is 11.3. The second-order valence-electron chi connectivity index (χ2n) is 5.67. The molecule has 0 unspecified atom stereocenters. The molecule has 0 fully saturated rings. The second-order valence-corrected chi connectivity index (χ2v) is 7.56. The number of imide groups is 1. The van der Waals surface area contributed by atoms with E-state index in [1.165, 1.54) is 19.2 Å². The van der Waals surface area contributed by atoms with Gasteiger partial charge in [0, 0.05) is 13.0 Å². The van der Waals surface area contributed by atoms with E-state index in [1.807, 2.05) is 6.92 Å². The van der Waals surface area contributed by atoms with Gasteiger partial charge in [0.15, 0.2) is 6.61 Å². The highest BCUT2D eigenvalue weighted by Gasteiger charge is 2.12. The Morgan fingerprint density at radius 1 is 1.11 bits per heavy atom. The smallest absolute Gasteiger partial charge is 0.321 e. The summed E-state index contributed by atoms with van der Waals surface area (Å²) >= 11 is 0. The van der Waals surface area contributed by atoms with Gasteiger partial charge in [-0.2, -0.15) is 0 Å². The Labute approximate surface area is 158 Å². The number of urea groups is 1. The quantitative estimate of drug-likeness (QED) is 0.392. The molecule has 3 N–H and O–H groups in total. The number of hydrogen-bond acceptors (Lipinski definition) is 6. The largest absolute Gasteiger partial charge is 0.456 e. The SMILES string of the molecule is CCCCNC(=O)NC(=O)COC(=O)CCc1ccc(S(=O)(=O)NC)cc1. The Hall–Kier alpha value is -2.46. The Morgan fingerprint density at radius 2 is 1.78 bits per heavy atom. The summed E-state index contributed by atoms with van der Waals surface area (Å²) in [5.74, 6) is -1.30. The van der Waals surface area contributed by atoms with Crippen molar-refractivity contribution in [2.75, 3.05) is 20.2 Å². The molecule has 0 saturated heterocycles. The third-order valence-corrected chi connectivity index (χ3v) is 4.98. The average molecular weight is 399 g/mol. The summed E-state index contributed by atoms with van der Waals surface area (Å²) < 4.78 is 30.3. The molecule has 0 spiro atoms. The molecule has 3 amide bonds. The Kier molecular flexibility index (Phi) is 9.45. The molecule has 10 heteroatoms. The average Bonchev–Trinajstić information content (AvgIpc) is 2.65. The van der Waals surface area contributed by atoms with Gasteiger partial charge in [-0.25, -0.2) is 17.9 Å². The highest BCUT2D eigenvalue weighted by atomic mass is 32.2. The van der Waals surface area contributed by atoms with E-state index < -0.39 is 34.5 Å². The zero-order valence-corrected chi connectivity index (χ0v) is 16.2.